The van der Waals surface area contributed by atoms with Crippen molar-refractivity contribution in [2.75, 3.05) is 50.7 Å². The topological polar surface area (TPSA) is 50.8 Å². The Labute approximate surface area is 139 Å². The molecule has 0 aliphatic carbocycles. The largest absolute Gasteiger partial charge is 0.416 e. The van der Waals surface area contributed by atoms with Crippen LogP contribution in [0.25, 0.3) is 0 Å². The number of rotatable bonds is 9. The molecule has 0 bridgehead atoms. The van der Waals surface area contributed by atoms with Crippen LogP contribution in [-0.2, 0) is 20.4 Å². The molecule has 5 nitrogen and oxygen atoms in total. The van der Waals surface area contributed by atoms with Crippen molar-refractivity contribution >= 4 is 17.3 Å². The van der Waals surface area contributed by atoms with Gasteiger partial charge in [-0.25, -0.2) is 0 Å². The van der Waals surface area contributed by atoms with E-state index in [2.05, 4.69) is 5.32 Å². The predicted molar refractivity (Wildman–Crippen MR) is 86.3 cm³/mol. The molecule has 0 saturated heterocycles. The molecule has 0 saturated carbocycles. The van der Waals surface area contributed by atoms with Crippen molar-refractivity contribution in [1.82, 2.24) is 0 Å². The number of carbonyl (C=O) groups is 1. The smallest absolute Gasteiger partial charge is 0.383 e. The normalized spacial score (nSPS) is 11.4. The highest BCUT2D eigenvalue weighted by Crippen LogP contribution is 2.35. The Morgan fingerprint density at radius 1 is 1.17 bits per heavy atom. The molecule has 1 aromatic rings. The van der Waals surface area contributed by atoms with Crippen LogP contribution in [0.4, 0.5) is 24.5 Å². The Hall–Kier alpha value is -1.80. The maximum atomic E-state index is 13.0. The molecule has 0 fully saturated rings. The fourth-order valence-electron chi connectivity index (χ4n) is 2.08. The number of amides is 1. The summed E-state index contributed by atoms with van der Waals surface area (Å²) in [7, 11) is 3.09. The molecule has 0 heterocycles. The van der Waals surface area contributed by atoms with Gasteiger partial charge in [-0.05, 0) is 18.2 Å². The first-order chi connectivity index (χ1) is 11.3. The van der Waals surface area contributed by atoms with E-state index in [1.54, 1.807) is 21.1 Å². The summed E-state index contributed by atoms with van der Waals surface area (Å²) in [6.07, 6.45) is -4.31. The van der Waals surface area contributed by atoms with Crippen LogP contribution >= 0.6 is 0 Å². The third kappa shape index (κ3) is 6.01. The molecule has 1 N–H and O–H groups in total. The van der Waals surface area contributed by atoms with E-state index in [0.29, 0.717) is 32.0 Å². The highest BCUT2D eigenvalue weighted by Gasteiger charge is 2.31. The van der Waals surface area contributed by atoms with Crippen molar-refractivity contribution in [3.63, 3.8) is 0 Å². The minimum atomic E-state index is -4.48. The van der Waals surface area contributed by atoms with Crippen molar-refractivity contribution in [2.24, 2.45) is 0 Å². The Morgan fingerprint density at radius 3 is 2.21 bits per heavy atom. The maximum absolute atomic E-state index is 13.0. The number of carbonyl (C=O) groups excluding carboxylic acids is 1. The van der Waals surface area contributed by atoms with Gasteiger partial charge in [0.15, 0.2) is 0 Å². The molecule has 1 amide bonds. The molecular weight excluding hydrogens is 325 g/mol. The fourth-order valence-corrected chi connectivity index (χ4v) is 2.08. The second-order valence-corrected chi connectivity index (χ2v) is 5.10. The third-order valence-corrected chi connectivity index (χ3v) is 3.39. The van der Waals surface area contributed by atoms with E-state index in [9.17, 15) is 18.0 Å². The number of halogens is 3. The summed E-state index contributed by atoms with van der Waals surface area (Å²) < 4.78 is 49.0. The fraction of sp³-hybridized carbons (Fsp3) is 0.562. The van der Waals surface area contributed by atoms with Gasteiger partial charge in [0.1, 0.15) is 0 Å². The van der Waals surface area contributed by atoms with E-state index in [1.807, 2.05) is 4.90 Å². The second kappa shape index (κ2) is 9.48. The van der Waals surface area contributed by atoms with Crippen molar-refractivity contribution in [2.45, 2.75) is 19.5 Å². The van der Waals surface area contributed by atoms with Crippen molar-refractivity contribution in [3.05, 3.63) is 23.8 Å². The molecular formula is C16H23F3N2O3. The van der Waals surface area contributed by atoms with Crippen LogP contribution in [0.2, 0.25) is 0 Å². The lowest BCUT2D eigenvalue weighted by Gasteiger charge is -2.27. The number of hydrogen-bond donors (Lipinski definition) is 1. The molecule has 0 aliphatic rings. The Balaban J connectivity index is 3.22. The Kier molecular flexibility index (Phi) is 8.00. The van der Waals surface area contributed by atoms with Crippen LogP contribution < -0.4 is 10.2 Å². The van der Waals surface area contributed by atoms with Crippen LogP contribution in [0.1, 0.15) is 18.9 Å². The van der Waals surface area contributed by atoms with Crippen molar-refractivity contribution < 1.29 is 27.4 Å². The average Bonchev–Trinajstić information content (AvgIpc) is 2.54. The molecule has 0 atom stereocenters. The standard InChI is InChI=1S/C16H23F3N2O3/c1-4-15(22)20-13-11-12(16(17,18)19)5-6-14(13)21(7-9-23-2)8-10-24-3/h5-6,11H,4,7-10H2,1-3H3,(H,20,22). The molecule has 0 unspecified atom stereocenters. The summed E-state index contributed by atoms with van der Waals surface area (Å²) in [5.41, 5.74) is -0.182. The minimum Gasteiger partial charge on any atom is -0.383 e. The van der Waals surface area contributed by atoms with E-state index in [4.69, 9.17) is 9.47 Å². The van der Waals surface area contributed by atoms with Gasteiger partial charge < -0.3 is 19.7 Å². The summed E-state index contributed by atoms with van der Waals surface area (Å²) in [4.78, 5) is 13.5. The number of nitrogens with one attached hydrogen (secondary N) is 1. The summed E-state index contributed by atoms with van der Waals surface area (Å²) in [5, 5.41) is 2.54. The second-order valence-electron chi connectivity index (χ2n) is 5.10. The quantitative estimate of drug-likeness (QED) is 0.745. The summed E-state index contributed by atoms with van der Waals surface area (Å²) in [6.45, 7) is 3.34. The van der Waals surface area contributed by atoms with Crippen molar-refractivity contribution in [3.8, 4) is 0 Å². The van der Waals surface area contributed by atoms with Gasteiger partial charge in [0.25, 0.3) is 0 Å². The number of anilines is 2. The summed E-state index contributed by atoms with van der Waals surface area (Å²) in [5.74, 6) is -0.353. The van der Waals surface area contributed by atoms with Crippen LogP contribution in [0.5, 0.6) is 0 Å². The number of hydrogen-bond acceptors (Lipinski definition) is 4. The summed E-state index contributed by atoms with van der Waals surface area (Å²) in [6, 6.07) is 3.32. The molecule has 0 aliphatic heterocycles. The summed E-state index contributed by atoms with van der Waals surface area (Å²) >= 11 is 0. The van der Waals surface area contributed by atoms with E-state index >= 15 is 0 Å². The van der Waals surface area contributed by atoms with Crippen LogP contribution in [0.3, 0.4) is 0 Å². The van der Waals surface area contributed by atoms with Crippen LogP contribution in [0, 0.1) is 0 Å². The maximum Gasteiger partial charge on any atom is 0.416 e. The lowest BCUT2D eigenvalue weighted by molar-refractivity contribution is -0.137. The molecule has 0 radical (unpaired) electrons. The first-order valence-electron chi connectivity index (χ1n) is 7.57. The Morgan fingerprint density at radius 2 is 1.75 bits per heavy atom. The molecule has 1 rings (SSSR count). The molecule has 0 aromatic heterocycles. The van der Waals surface area contributed by atoms with Crippen LogP contribution in [0.15, 0.2) is 18.2 Å². The molecule has 1 aromatic carbocycles. The molecule has 24 heavy (non-hydrogen) atoms. The van der Waals surface area contributed by atoms with Gasteiger partial charge in [-0.2, -0.15) is 13.2 Å². The van der Waals surface area contributed by atoms with Gasteiger partial charge in [-0.3, -0.25) is 4.79 Å². The van der Waals surface area contributed by atoms with E-state index in [-0.39, 0.29) is 18.0 Å². The number of alkyl halides is 3. The minimum absolute atomic E-state index is 0.129. The number of methoxy groups -OCH3 is 2. The first-order valence-corrected chi connectivity index (χ1v) is 7.57. The first kappa shape index (κ1) is 20.2. The van der Waals surface area contributed by atoms with Crippen molar-refractivity contribution in [1.29, 1.82) is 0 Å². The zero-order chi connectivity index (χ0) is 18.2. The van der Waals surface area contributed by atoms with E-state index < -0.39 is 11.7 Å². The zero-order valence-corrected chi connectivity index (χ0v) is 14.1. The molecule has 8 heteroatoms. The zero-order valence-electron chi connectivity index (χ0n) is 14.1. The van der Waals surface area contributed by atoms with Gasteiger partial charge in [-0.15, -0.1) is 0 Å². The third-order valence-electron chi connectivity index (χ3n) is 3.39. The monoisotopic (exact) mass is 348 g/mol. The van der Waals surface area contributed by atoms with Gasteiger partial charge >= 0.3 is 6.18 Å². The van der Waals surface area contributed by atoms with Gasteiger partial charge in [0, 0.05) is 33.7 Å². The van der Waals surface area contributed by atoms with E-state index in [0.717, 1.165) is 12.1 Å². The predicted octanol–water partition coefficient (Wildman–Crippen LogP) is 3.15. The van der Waals surface area contributed by atoms with Gasteiger partial charge in [0.2, 0.25) is 5.91 Å². The highest BCUT2D eigenvalue weighted by atomic mass is 19.4. The number of ether oxygens (including phenoxy) is 2. The Bertz CT molecular complexity index is 528. The SMILES string of the molecule is CCC(=O)Nc1cc(C(F)(F)F)ccc1N(CCOC)CCOC. The molecule has 0 spiro atoms. The highest BCUT2D eigenvalue weighted by molar-refractivity contribution is 5.94. The average molecular weight is 348 g/mol. The lowest BCUT2D eigenvalue weighted by Crippen LogP contribution is -2.31. The van der Waals surface area contributed by atoms with Gasteiger partial charge in [0.05, 0.1) is 30.2 Å². The molecule has 136 valence electrons. The van der Waals surface area contributed by atoms with Gasteiger partial charge in [-0.1, -0.05) is 6.92 Å². The lowest BCUT2D eigenvalue weighted by atomic mass is 10.1. The van der Waals surface area contributed by atoms with Crippen LogP contribution in [-0.4, -0.2) is 46.4 Å². The van der Waals surface area contributed by atoms with E-state index in [1.165, 1.54) is 6.07 Å². The number of benzene rings is 1. The number of nitrogens with zero attached hydrogens (tertiary/aromatic N) is 1.